The van der Waals surface area contributed by atoms with Gasteiger partial charge in [-0.2, -0.15) is 0 Å². The van der Waals surface area contributed by atoms with Crippen LogP contribution in [0.1, 0.15) is 27.1 Å². The topological polar surface area (TPSA) is 77.8 Å². The Kier molecular flexibility index (Phi) is 2.73. The zero-order valence-electron chi connectivity index (χ0n) is 10.1. The lowest BCUT2D eigenvalue weighted by molar-refractivity contribution is 0.0299. The SMILES string of the molecule is O=C1c2ccccc2C(=O)N1[C@H]1C[C@H](O)C=C[C@H]1O. The molecule has 2 N–H and O–H groups in total. The summed E-state index contributed by atoms with van der Waals surface area (Å²) in [7, 11) is 0. The van der Waals surface area contributed by atoms with Crippen LogP contribution in [0.4, 0.5) is 0 Å². The van der Waals surface area contributed by atoms with Gasteiger partial charge >= 0.3 is 0 Å². The fraction of sp³-hybridized carbons (Fsp3) is 0.286. The maximum absolute atomic E-state index is 12.2. The number of fused-ring (bicyclic) bond motifs is 1. The number of rotatable bonds is 1. The van der Waals surface area contributed by atoms with Crippen molar-refractivity contribution in [1.82, 2.24) is 4.90 Å². The standard InChI is InChI=1S/C14H13NO4/c16-8-5-6-12(17)11(7-8)15-13(18)9-3-1-2-4-10(9)14(15)19/h1-6,8,11-12,16-17H,7H2/t8-,11+,12-/m1/s1. The molecule has 3 atom stereocenters. The summed E-state index contributed by atoms with van der Waals surface area (Å²) in [5.41, 5.74) is 0.701. The van der Waals surface area contributed by atoms with Gasteiger partial charge in [-0.25, -0.2) is 0 Å². The molecule has 98 valence electrons. The highest BCUT2D eigenvalue weighted by atomic mass is 16.3. The number of hydrogen-bond donors (Lipinski definition) is 2. The molecule has 0 aromatic heterocycles. The molecule has 1 aromatic carbocycles. The summed E-state index contributed by atoms with van der Waals surface area (Å²) >= 11 is 0. The van der Waals surface area contributed by atoms with Crippen molar-refractivity contribution in [2.24, 2.45) is 0 Å². The maximum atomic E-state index is 12.2. The first kappa shape index (κ1) is 12.1. The third-order valence-electron chi connectivity index (χ3n) is 3.56. The normalized spacial score (nSPS) is 29.8. The van der Waals surface area contributed by atoms with Crippen LogP contribution in [0.3, 0.4) is 0 Å². The number of aliphatic hydroxyl groups excluding tert-OH is 2. The van der Waals surface area contributed by atoms with Gasteiger partial charge in [-0.05, 0) is 12.1 Å². The number of imide groups is 1. The fourth-order valence-corrected chi connectivity index (χ4v) is 2.60. The monoisotopic (exact) mass is 259 g/mol. The summed E-state index contributed by atoms with van der Waals surface area (Å²) in [6.07, 6.45) is 1.36. The number of hydrogen-bond acceptors (Lipinski definition) is 4. The van der Waals surface area contributed by atoms with E-state index in [-0.39, 0.29) is 6.42 Å². The van der Waals surface area contributed by atoms with Crippen molar-refractivity contribution in [3.8, 4) is 0 Å². The lowest BCUT2D eigenvalue weighted by Crippen LogP contribution is -2.49. The molecule has 19 heavy (non-hydrogen) atoms. The Labute approximate surface area is 109 Å². The predicted octanol–water partition coefficient (Wildman–Crippen LogP) is 0.333. The summed E-state index contributed by atoms with van der Waals surface area (Å²) in [6.45, 7) is 0. The van der Waals surface area contributed by atoms with Gasteiger partial charge in [0, 0.05) is 6.42 Å². The summed E-state index contributed by atoms with van der Waals surface area (Å²) in [4.78, 5) is 25.6. The molecule has 1 aromatic rings. The molecule has 0 saturated heterocycles. The molecule has 5 heteroatoms. The number of nitrogens with zero attached hydrogens (tertiary/aromatic N) is 1. The maximum Gasteiger partial charge on any atom is 0.261 e. The Morgan fingerprint density at radius 2 is 1.58 bits per heavy atom. The first-order valence-corrected chi connectivity index (χ1v) is 6.11. The number of carbonyl (C=O) groups is 2. The lowest BCUT2D eigenvalue weighted by atomic mass is 9.95. The van der Waals surface area contributed by atoms with E-state index in [1.165, 1.54) is 12.2 Å². The van der Waals surface area contributed by atoms with Gasteiger partial charge in [0.1, 0.15) is 0 Å². The molecule has 5 nitrogen and oxygen atoms in total. The van der Waals surface area contributed by atoms with Crippen molar-refractivity contribution in [1.29, 1.82) is 0 Å². The first-order valence-electron chi connectivity index (χ1n) is 6.11. The van der Waals surface area contributed by atoms with Gasteiger partial charge in [0.15, 0.2) is 0 Å². The third-order valence-corrected chi connectivity index (χ3v) is 3.56. The predicted molar refractivity (Wildman–Crippen MR) is 66.5 cm³/mol. The Balaban J connectivity index is 1.98. The van der Waals surface area contributed by atoms with Crippen molar-refractivity contribution < 1.29 is 19.8 Å². The highest BCUT2D eigenvalue weighted by Crippen LogP contribution is 2.29. The first-order chi connectivity index (χ1) is 9.09. The van der Waals surface area contributed by atoms with Crippen molar-refractivity contribution in [2.45, 2.75) is 24.7 Å². The minimum Gasteiger partial charge on any atom is -0.389 e. The van der Waals surface area contributed by atoms with Gasteiger partial charge in [-0.3, -0.25) is 14.5 Å². The van der Waals surface area contributed by atoms with E-state index in [9.17, 15) is 19.8 Å². The van der Waals surface area contributed by atoms with Crippen LogP contribution < -0.4 is 0 Å². The Bertz CT molecular complexity index is 546. The van der Waals surface area contributed by atoms with Crippen molar-refractivity contribution in [2.75, 3.05) is 0 Å². The van der Waals surface area contributed by atoms with Gasteiger partial charge in [-0.1, -0.05) is 24.3 Å². The molecule has 0 fully saturated rings. The lowest BCUT2D eigenvalue weighted by Gasteiger charge is -2.32. The Morgan fingerprint density at radius 1 is 1.00 bits per heavy atom. The van der Waals surface area contributed by atoms with E-state index in [1.54, 1.807) is 24.3 Å². The fourth-order valence-electron chi connectivity index (χ4n) is 2.60. The molecule has 0 saturated carbocycles. The van der Waals surface area contributed by atoms with Crippen LogP contribution in [0.25, 0.3) is 0 Å². The van der Waals surface area contributed by atoms with Crippen LogP contribution in [-0.4, -0.2) is 45.2 Å². The van der Waals surface area contributed by atoms with Crippen LogP contribution in [0.2, 0.25) is 0 Å². The summed E-state index contributed by atoms with van der Waals surface area (Å²) < 4.78 is 0. The third kappa shape index (κ3) is 1.78. The van der Waals surface area contributed by atoms with Gasteiger partial charge < -0.3 is 10.2 Å². The van der Waals surface area contributed by atoms with E-state index >= 15 is 0 Å². The van der Waals surface area contributed by atoms with E-state index in [1.807, 2.05) is 0 Å². The minimum atomic E-state index is -0.939. The molecular weight excluding hydrogens is 246 g/mol. The summed E-state index contributed by atoms with van der Waals surface area (Å²) in [6, 6.07) is 5.86. The Hall–Kier alpha value is -1.98. The average molecular weight is 259 g/mol. The van der Waals surface area contributed by atoms with Gasteiger partial charge in [0.05, 0.1) is 29.4 Å². The average Bonchev–Trinajstić information content (AvgIpc) is 2.66. The largest absolute Gasteiger partial charge is 0.389 e. The van der Waals surface area contributed by atoms with E-state index < -0.39 is 30.1 Å². The van der Waals surface area contributed by atoms with Crippen LogP contribution in [0, 0.1) is 0 Å². The summed E-state index contributed by atoms with van der Waals surface area (Å²) in [5.74, 6) is -0.820. The molecule has 0 unspecified atom stereocenters. The molecule has 1 aliphatic carbocycles. The van der Waals surface area contributed by atoms with E-state index in [4.69, 9.17) is 0 Å². The molecule has 2 amide bonds. The van der Waals surface area contributed by atoms with Crippen LogP contribution >= 0.6 is 0 Å². The van der Waals surface area contributed by atoms with Crippen LogP contribution in [-0.2, 0) is 0 Å². The molecule has 2 aliphatic rings. The highest BCUT2D eigenvalue weighted by Gasteiger charge is 2.43. The Morgan fingerprint density at radius 3 is 2.16 bits per heavy atom. The molecule has 1 aliphatic heterocycles. The number of carbonyl (C=O) groups excluding carboxylic acids is 2. The van der Waals surface area contributed by atoms with Crippen LogP contribution in [0.5, 0.6) is 0 Å². The van der Waals surface area contributed by atoms with Crippen molar-refractivity contribution in [3.05, 3.63) is 47.5 Å². The van der Waals surface area contributed by atoms with E-state index in [0.29, 0.717) is 11.1 Å². The van der Waals surface area contributed by atoms with Crippen molar-refractivity contribution in [3.63, 3.8) is 0 Å². The minimum absolute atomic E-state index is 0.156. The second kappa shape index (κ2) is 4.29. The zero-order chi connectivity index (χ0) is 13.6. The number of benzene rings is 1. The van der Waals surface area contributed by atoms with Crippen LogP contribution in [0.15, 0.2) is 36.4 Å². The zero-order valence-corrected chi connectivity index (χ0v) is 10.1. The summed E-state index contributed by atoms with van der Waals surface area (Å²) in [5, 5.41) is 19.5. The number of amides is 2. The highest BCUT2D eigenvalue weighted by molar-refractivity contribution is 6.21. The molecule has 1 heterocycles. The molecule has 0 spiro atoms. The van der Waals surface area contributed by atoms with Gasteiger partial charge in [0.25, 0.3) is 11.8 Å². The molecule has 0 radical (unpaired) electrons. The van der Waals surface area contributed by atoms with Gasteiger partial charge in [0.2, 0.25) is 0 Å². The van der Waals surface area contributed by atoms with Gasteiger partial charge in [-0.15, -0.1) is 0 Å². The molecule has 3 rings (SSSR count). The molecule has 0 bridgehead atoms. The second-order valence-corrected chi connectivity index (χ2v) is 4.77. The van der Waals surface area contributed by atoms with E-state index in [2.05, 4.69) is 0 Å². The number of aliphatic hydroxyl groups is 2. The second-order valence-electron chi connectivity index (χ2n) is 4.77. The molecular formula is C14H13NO4. The van der Waals surface area contributed by atoms with E-state index in [0.717, 1.165) is 4.90 Å². The quantitative estimate of drug-likeness (QED) is 0.563. The van der Waals surface area contributed by atoms with Crippen molar-refractivity contribution >= 4 is 11.8 Å². The smallest absolute Gasteiger partial charge is 0.261 e.